The minimum Gasteiger partial charge on any atom is -0.376 e. The average molecular weight is 410 g/mol. The number of hydrogen-bond acceptors (Lipinski definition) is 3. The smallest absolute Gasteiger partial charge is 0.255 e. The number of nitrogens with zero attached hydrogens (tertiary/aromatic N) is 2. The molecule has 146 valence electrons. The van der Waals surface area contributed by atoms with Crippen LogP contribution in [0.5, 0.6) is 0 Å². The quantitative estimate of drug-likeness (QED) is 0.758. The molecular formula is C20H25Cl2N3O2. The van der Waals surface area contributed by atoms with Gasteiger partial charge in [-0.25, -0.2) is 4.68 Å². The Bertz CT molecular complexity index is 827. The summed E-state index contributed by atoms with van der Waals surface area (Å²) in [7, 11) is 0. The summed E-state index contributed by atoms with van der Waals surface area (Å²) < 4.78 is 7.37. The highest BCUT2D eigenvalue weighted by molar-refractivity contribution is 6.42. The van der Waals surface area contributed by atoms with Crippen molar-refractivity contribution in [3.63, 3.8) is 0 Å². The normalized spacial score (nSPS) is 16.9. The number of carbonyl (C=O) groups is 1. The van der Waals surface area contributed by atoms with Gasteiger partial charge in [-0.2, -0.15) is 5.10 Å². The van der Waals surface area contributed by atoms with E-state index in [9.17, 15) is 4.79 Å². The zero-order valence-electron chi connectivity index (χ0n) is 15.9. The van der Waals surface area contributed by atoms with E-state index in [2.05, 4.69) is 19.2 Å². The van der Waals surface area contributed by atoms with Crippen LogP contribution in [0, 0.1) is 12.8 Å². The van der Waals surface area contributed by atoms with Crippen LogP contribution in [0.4, 0.5) is 0 Å². The summed E-state index contributed by atoms with van der Waals surface area (Å²) >= 11 is 12.2. The predicted molar refractivity (Wildman–Crippen MR) is 108 cm³/mol. The van der Waals surface area contributed by atoms with Gasteiger partial charge in [-0.15, -0.1) is 0 Å². The molecule has 3 rings (SSSR count). The lowest BCUT2D eigenvalue weighted by molar-refractivity contribution is 0.0856. The molecule has 1 unspecified atom stereocenters. The van der Waals surface area contributed by atoms with Gasteiger partial charge >= 0.3 is 0 Å². The minimum atomic E-state index is -0.107. The van der Waals surface area contributed by atoms with Crippen LogP contribution in [0.2, 0.25) is 10.0 Å². The number of rotatable bonds is 6. The second kappa shape index (κ2) is 8.63. The van der Waals surface area contributed by atoms with E-state index in [0.29, 0.717) is 28.1 Å². The highest BCUT2D eigenvalue weighted by Crippen LogP contribution is 2.27. The molecule has 1 N–H and O–H groups in total. The standard InChI is InChI=1S/C20H25Cl2N3O2/c1-12(2)9-18-19(20(26)23-11-15-5-4-8-27-15)13(3)25(24-18)14-6-7-16(21)17(22)10-14/h6-7,10,12,15H,4-5,8-9,11H2,1-3H3,(H,23,26). The third kappa shape index (κ3) is 4.65. The van der Waals surface area contributed by atoms with Crippen molar-refractivity contribution < 1.29 is 9.53 Å². The number of hydrogen-bond donors (Lipinski definition) is 1. The first-order valence-electron chi connectivity index (χ1n) is 9.30. The van der Waals surface area contributed by atoms with Crippen molar-refractivity contribution in [1.29, 1.82) is 0 Å². The monoisotopic (exact) mass is 409 g/mol. The third-order valence-electron chi connectivity index (χ3n) is 4.68. The van der Waals surface area contributed by atoms with Gasteiger partial charge in [0.15, 0.2) is 0 Å². The van der Waals surface area contributed by atoms with Gasteiger partial charge in [0.25, 0.3) is 5.91 Å². The Morgan fingerprint density at radius 3 is 2.78 bits per heavy atom. The molecule has 0 saturated carbocycles. The number of aromatic nitrogens is 2. The molecule has 2 heterocycles. The first kappa shape index (κ1) is 20.2. The fourth-order valence-electron chi connectivity index (χ4n) is 3.35. The average Bonchev–Trinajstić information content (AvgIpc) is 3.23. The zero-order chi connectivity index (χ0) is 19.6. The van der Waals surface area contributed by atoms with Gasteiger partial charge in [-0.05, 0) is 50.3 Å². The Morgan fingerprint density at radius 2 is 2.15 bits per heavy atom. The largest absolute Gasteiger partial charge is 0.376 e. The van der Waals surface area contributed by atoms with Crippen molar-refractivity contribution in [2.24, 2.45) is 5.92 Å². The molecule has 7 heteroatoms. The molecule has 1 aliphatic rings. The van der Waals surface area contributed by atoms with Crippen LogP contribution in [0.3, 0.4) is 0 Å². The summed E-state index contributed by atoms with van der Waals surface area (Å²) in [5.74, 6) is 0.274. The fourth-order valence-corrected chi connectivity index (χ4v) is 3.65. The second-order valence-electron chi connectivity index (χ2n) is 7.36. The molecule has 1 aliphatic heterocycles. The summed E-state index contributed by atoms with van der Waals surface area (Å²) in [6, 6.07) is 5.35. The van der Waals surface area contributed by atoms with Gasteiger partial charge in [0.2, 0.25) is 0 Å². The van der Waals surface area contributed by atoms with Crippen molar-refractivity contribution in [2.45, 2.75) is 46.1 Å². The summed E-state index contributed by atoms with van der Waals surface area (Å²) in [6.07, 6.45) is 2.86. The molecule has 0 aliphatic carbocycles. The van der Waals surface area contributed by atoms with Gasteiger partial charge in [-0.1, -0.05) is 37.0 Å². The Hall–Kier alpha value is -1.56. The highest BCUT2D eigenvalue weighted by atomic mass is 35.5. The maximum atomic E-state index is 12.9. The van der Waals surface area contributed by atoms with Gasteiger partial charge in [0.1, 0.15) is 0 Å². The van der Waals surface area contributed by atoms with Crippen molar-refractivity contribution in [3.8, 4) is 5.69 Å². The molecule has 1 atom stereocenters. The van der Waals surface area contributed by atoms with Crippen molar-refractivity contribution in [3.05, 3.63) is 45.2 Å². The first-order chi connectivity index (χ1) is 12.9. The van der Waals surface area contributed by atoms with E-state index < -0.39 is 0 Å². The first-order valence-corrected chi connectivity index (χ1v) is 10.1. The molecular weight excluding hydrogens is 385 g/mol. The van der Waals surface area contributed by atoms with E-state index in [1.54, 1.807) is 16.8 Å². The highest BCUT2D eigenvalue weighted by Gasteiger charge is 2.24. The number of benzene rings is 1. The van der Waals surface area contributed by atoms with E-state index >= 15 is 0 Å². The van der Waals surface area contributed by atoms with Gasteiger partial charge in [0, 0.05) is 13.2 Å². The van der Waals surface area contributed by atoms with Crippen molar-refractivity contribution in [1.82, 2.24) is 15.1 Å². The van der Waals surface area contributed by atoms with Crippen LogP contribution in [0.25, 0.3) is 5.69 Å². The molecule has 1 saturated heterocycles. The number of nitrogens with one attached hydrogen (secondary N) is 1. The molecule has 5 nitrogen and oxygen atoms in total. The molecule has 1 amide bonds. The van der Waals surface area contributed by atoms with Gasteiger partial charge < -0.3 is 10.1 Å². The van der Waals surface area contributed by atoms with Crippen LogP contribution in [-0.4, -0.2) is 34.9 Å². The predicted octanol–water partition coefficient (Wildman–Crippen LogP) is 4.59. The Balaban J connectivity index is 1.91. The van der Waals surface area contributed by atoms with E-state index in [1.807, 2.05) is 13.0 Å². The molecule has 1 fully saturated rings. The molecule has 0 spiro atoms. The van der Waals surface area contributed by atoms with Crippen LogP contribution in [0.1, 0.15) is 48.4 Å². The van der Waals surface area contributed by atoms with Crippen LogP contribution in [0.15, 0.2) is 18.2 Å². The zero-order valence-corrected chi connectivity index (χ0v) is 17.4. The Labute approximate surface area is 170 Å². The second-order valence-corrected chi connectivity index (χ2v) is 8.17. The molecule has 2 aromatic rings. The maximum Gasteiger partial charge on any atom is 0.255 e. The van der Waals surface area contributed by atoms with Crippen molar-refractivity contribution in [2.75, 3.05) is 13.2 Å². The van der Waals surface area contributed by atoms with Gasteiger partial charge in [-0.3, -0.25) is 4.79 Å². The number of ether oxygens (including phenoxy) is 1. The summed E-state index contributed by atoms with van der Waals surface area (Å²) in [5, 5.41) is 8.68. The molecule has 1 aromatic carbocycles. The fraction of sp³-hybridized carbons (Fsp3) is 0.500. The molecule has 27 heavy (non-hydrogen) atoms. The Kier molecular flexibility index (Phi) is 6.45. The lowest BCUT2D eigenvalue weighted by Gasteiger charge is -2.12. The van der Waals surface area contributed by atoms with Crippen LogP contribution >= 0.6 is 23.2 Å². The van der Waals surface area contributed by atoms with E-state index in [4.69, 9.17) is 33.0 Å². The lowest BCUT2D eigenvalue weighted by atomic mass is 10.0. The molecule has 0 bridgehead atoms. The van der Waals surface area contributed by atoms with Gasteiger partial charge in [0.05, 0.1) is 38.8 Å². The minimum absolute atomic E-state index is 0.105. The van der Waals surface area contributed by atoms with Crippen molar-refractivity contribution >= 4 is 29.1 Å². The van der Waals surface area contributed by atoms with Crippen LogP contribution < -0.4 is 5.32 Å². The molecule has 0 radical (unpaired) electrons. The maximum absolute atomic E-state index is 12.9. The Morgan fingerprint density at radius 1 is 1.37 bits per heavy atom. The lowest BCUT2D eigenvalue weighted by Crippen LogP contribution is -2.32. The summed E-state index contributed by atoms with van der Waals surface area (Å²) in [5.41, 5.74) is 2.99. The number of amides is 1. The molecule has 1 aromatic heterocycles. The SMILES string of the molecule is Cc1c(C(=O)NCC2CCCO2)c(CC(C)C)nn1-c1ccc(Cl)c(Cl)c1. The number of carbonyl (C=O) groups excluding carboxylic acids is 1. The summed E-state index contributed by atoms with van der Waals surface area (Å²) in [6.45, 7) is 7.42. The van der Waals surface area contributed by atoms with E-state index in [-0.39, 0.29) is 12.0 Å². The summed E-state index contributed by atoms with van der Waals surface area (Å²) in [4.78, 5) is 12.9. The van der Waals surface area contributed by atoms with E-state index in [1.165, 1.54) is 0 Å². The van der Waals surface area contributed by atoms with E-state index in [0.717, 1.165) is 42.9 Å². The van der Waals surface area contributed by atoms with Crippen LogP contribution in [-0.2, 0) is 11.2 Å². The third-order valence-corrected chi connectivity index (χ3v) is 5.42. The topological polar surface area (TPSA) is 56.1 Å². The number of halogens is 2.